The molecule has 29 heavy (non-hydrogen) atoms. The molecule has 0 saturated heterocycles. The van der Waals surface area contributed by atoms with Crippen LogP contribution in [0.4, 0.5) is 0 Å². The van der Waals surface area contributed by atoms with E-state index < -0.39 is 29.1 Å². The Kier molecular flexibility index (Phi) is 11.3. The van der Waals surface area contributed by atoms with Crippen molar-refractivity contribution in [2.24, 2.45) is 0 Å². The first-order chi connectivity index (χ1) is 14.5. The summed E-state index contributed by atoms with van der Waals surface area (Å²) < 4.78 is 52.9. The van der Waals surface area contributed by atoms with E-state index in [-0.39, 0.29) is 12.0 Å². The highest BCUT2D eigenvalue weighted by Gasteiger charge is 2.31. The summed E-state index contributed by atoms with van der Waals surface area (Å²) in [4.78, 5) is 26.4. The minimum atomic E-state index is -5.22. The number of allylic oxidation sites excluding steroid dienone is 7. The van der Waals surface area contributed by atoms with Crippen LogP contribution in [0.15, 0.2) is 46.6 Å². The van der Waals surface area contributed by atoms with E-state index in [1.807, 2.05) is 13.0 Å². The minimum absolute atomic E-state index is 0.0211. The molecule has 1 atom stereocenters. The Morgan fingerprint density at radius 2 is 1.31 bits per heavy atom. The van der Waals surface area contributed by atoms with Gasteiger partial charge in [0.15, 0.2) is 0 Å². The number of hydrogen-bond donors (Lipinski definition) is 3. The van der Waals surface area contributed by atoms with E-state index in [0.29, 0.717) is 6.42 Å². The summed E-state index contributed by atoms with van der Waals surface area (Å²) in [5, 5.41) is 0. The van der Waals surface area contributed by atoms with Crippen LogP contribution in [-0.4, -0.2) is 21.3 Å². The fourth-order valence-corrected chi connectivity index (χ4v) is 3.83. The van der Waals surface area contributed by atoms with Gasteiger partial charge in [0, 0.05) is 4.11 Å². The Morgan fingerprint density at radius 1 is 0.828 bits per heavy atom. The third-order valence-electron chi connectivity index (χ3n) is 3.81. The van der Waals surface area contributed by atoms with Crippen molar-refractivity contribution in [3.8, 4) is 0 Å². The lowest BCUT2D eigenvalue weighted by Gasteiger charge is -2.11. The van der Waals surface area contributed by atoms with Crippen LogP contribution in [0.1, 0.15) is 77.2 Å². The Balaban J connectivity index is 4.70. The number of phosphoric ester groups is 1. The predicted octanol–water partition coefficient (Wildman–Crippen LogP) is 6.36. The molecule has 3 N–H and O–H groups in total. The lowest BCUT2D eigenvalue weighted by Crippen LogP contribution is -1.94. The Labute approximate surface area is 179 Å². The molecule has 0 heterocycles. The van der Waals surface area contributed by atoms with E-state index in [0.717, 1.165) is 37.3 Å². The zero-order valence-electron chi connectivity index (χ0n) is 20.6. The average molecular weight is 453 g/mol. The van der Waals surface area contributed by atoms with Gasteiger partial charge in [-0.3, -0.25) is 4.52 Å². The predicted molar refractivity (Wildman–Crippen MR) is 117 cm³/mol. The van der Waals surface area contributed by atoms with Crippen LogP contribution in [0, 0.1) is 0 Å². The van der Waals surface area contributed by atoms with Gasteiger partial charge in [-0.05, 0) is 73.1 Å². The van der Waals surface area contributed by atoms with Gasteiger partial charge in [0.2, 0.25) is 0 Å². The summed E-state index contributed by atoms with van der Waals surface area (Å²) in [6.07, 6.45) is 12.0. The quantitative estimate of drug-likeness (QED) is 0.207. The third-order valence-corrected chi connectivity index (χ3v) is 5.96. The molecule has 0 rings (SSSR count). The summed E-state index contributed by atoms with van der Waals surface area (Å²) in [5.74, 6) is 0. The first-order valence-electron chi connectivity index (χ1n) is 10.9. The van der Waals surface area contributed by atoms with Gasteiger partial charge >= 0.3 is 15.6 Å². The van der Waals surface area contributed by atoms with Gasteiger partial charge in [-0.25, -0.2) is 9.13 Å². The van der Waals surface area contributed by atoms with Gasteiger partial charge in [0.05, 0.1) is 6.61 Å². The van der Waals surface area contributed by atoms with Crippen molar-refractivity contribution in [3.05, 3.63) is 46.6 Å². The molecule has 0 aliphatic carbocycles. The van der Waals surface area contributed by atoms with E-state index in [1.165, 1.54) is 11.1 Å². The fraction of sp³-hybridized carbons (Fsp3) is 0.600. The molecule has 0 bridgehead atoms. The van der Waals surface area contributed by atoms with Crippen molar-refractivity contribution >= 4 is 15.6 Å². The summed E-state index contributed by atoms with van der Waals surface area (Å²) in [5.41, 5.74) is 3.81. The molecule has 7 nitrogen and oxygen atoms in total. The SMILES string of the molecule is [2H]C([2H])([2H])/C(=C\COP(=O)(O)OP(=O)(O)O)CC/C=C(\C)CC/C=C(\C)CCC=C(C)C. The number of hydrogen-bond acceptors (Lipinski definition) is 4. The molecule has 0 radical (unpaired) electrons. The second-order valence-electron chi connectivity index (χ2n) is 7.06. The van der Waals surface area contributed by atoms with Crippen LogP contribution in [0.3, 0.4) is 0 Å². The van der Waals surface area contributed by atoms with E-state index in [2.05, 4.69) is 41.8 Å². The number of rotatable bonds is 14. The summed E-state index contributed by atoms with van der Waals surface area (Å²) in [6, 6.07) is 0. The van der Waals surface area contributed by atoms with E-state index in [1.54, 1.807) is 0 Å². The second-order valence-corrected chi connectivity index (χ2v) is 9.89. The van der Waals surface area contributed by atoms with Gasteiger partial charge in [-0.2, -0.15) is 4.31 Å². The Hall–Kier alpha value is -0.780. The normalized spacial score (nSPS) is 17.9. The summed E-state index contributed by atoms with van der Waals surface area (Å²) in [6.45, 7) is 5.19. The molecule has 0 aliphatic heterocycles. The van der Waals surface area contributed by atoms with E-state index in [4.69, 9.17) is 13.9 Å². The van der Waals surface area contributed by atoms with Gasteiger partial charge < -0.3 is 14.7 Å². The largest absolute Gasteiger partial charge is 0.481 e. The van der Waals surface area contributed by atoms with Crippen molar-refractivity contribution in [2.75, 3.05) is 6.61 Å². The molecule has 0 aromatic heterocycles. The fourth-order valence-electron chi connectivity index (χ4n) is 2.31. The van der Waals surface area contributed by atoms with Crippen molar-refractivity contribution in [1.29, 1.82) is 0 Å². The van der Waals surface area contributed by atoms with Gasteiger partial charge in [-0.1, -0.05) is 46.6 Å². The molecule has 0 fully saturated rings. The summed E-state index contributed by atoms with van der Waals surface area (Å²) in [7, 11) is -10.2. The van der Waals surface area contributed by atoms with Crippen LogP contribution in [0.5, 0.6) is 0 Å². The third kappa shape index (κ3) is 19.0. The standard InChI is InChI=1S/C20H36O7P2/c1-17(2)9-6-10-18(3)11-7-12-19(4)13-8-14-20(5)15-16-26-29(24,25)27-28(21,22)23/h9,11,13,15H,6-8,10,12,14,16H2,1-5H3,(H,24,25)(H2,21,22,23)/b18-11+,19-13+,20-15+/i5D3. The second kappa shape index (κ2) is 14.3. The van der Waals surface area contributed by atoms with Crippen molar-refractivity contribution in [1.82, 2.24) is 0 Å². The maximum Gasteiger partial charge on any atom is 0.481 e. The molecule has 0 amide bonds. The van der Waals surface area contributed by atoms with Crippen molar-refractivity contribution in [2.45, 2.75) is 73.1 Å². The van der Waals surface area contributed by atoms with Gasteiger partial charge in [0.25, 0.3) is 0 Å². The molecule has 0 aliphatic rings. The highest BCUT2D eigenvalue weighted by molar-refractivity contribution is 7.60. The van der Waals surface area contributed by atoms with Gasteiger partial charge in [0.1, 0.15) is 0 Å². The molecule has 1 unspecified atom stereocenters. The molecule has 0 aromatic rings. The van der Waals surface area contributed by atoms with Crippen LogP contribution in [0.25, 0.3) is 0 Å². The first kappa shape index (κ1) is 22.9. The van der Waals surface area contributed by atoms with Crippen LogP contribution >= 0.6 is 15.6 Å². The smallest absolute Gasteiger partial charge is 0.302 e. The first-order valence-corrected chi connectivity index (χ1v) is 12.4. The van der Waals surface area contributed by atoms with Crippen LogP contribution in [0.2, 0.25) is 0 Å². The molecule has 9 heteroatoms. The summed E-state index contributed by atoms with van der Waals surface area (Å²) >= 11 is 0. The molecule has 168 valence electrons. The topological polar surface area (TPSA) is 113 Å². The maximum atomic E-state index is 11.4. The zero-order valence-corrected chi connectivity index (χ0v) is 19.4. The minimum Gasteiger partial charge on any atom is -0.302 e. The molecule has 0 saturated carbocycles. The molecule has 0 spiro atoms. The zero-order chi connectivity index (χ0) is 25.0. The maximum absolute atomic E-state index is 11.4. The van der Waals surface area contributed by atoms with Gasteiger partial charge in [-0.15, -0.1) is 0 Å². The van der Waals surface area contributed by atoms with Crippen molar-refractivity contribution in [3.63, 3.8) is 0 Å². The lowest BCUT2D eigenvalue weighted by molar-refractivity contribution is 0.191. The molecular formula is C20H36O7P2. The highest BCUT2D eigenvalue weighted by Crippen LogP contribution is 2.57. The van der Waals surface area contributed by atoms with E-state index in [9.17, 15) is 14.0 Å². The number of phosphoric acid groups is 2. The van der Waals surface area contributed by atoms with E-state index >= 15 is 0 Å². The van der Waals surface area contributed by atoms with Crippen molar-refractivity contribution < 1.29 is 36.8 Å². The Bertz CT molecular complexity index is 805. The van der Waals surface area contributed by atoms with Crippen LogP contribution in [-0.2, 0) is 18.0 Å². The molecule has 0 aromatic carbocycles. The lowest BCUT2D eigenvalue weighted by atomic mass is 10.0. The highest BCUT2D eigenvalue weighted by atomic mass is 31.3. The Morgan fingerprint density at radius 3 is 1.76 bits per heavy atom. The van der Waals surface area contributed by atoms with Crippen LogP contribution < -0.4 is 0 Å². The molecular weight excluding hydrogens is 414 g/mol. The monoisotopic (exact) mass is 453 g/mol. The average Bonchev–Trinajstić information content (AvgIpc) is 2.56.